The van der Waals surface area contributed by atoms with E-state index in [1.807, 2.05) is 60.7 Å². The molecule has 10 aromatic carbocycles. The maximum Gasteiger partial charge on any atom is 0.494 e. The van der Waals surface area contributed by atoms with Crippen LogP contribution < -0.4 is 5.46 Å². The summed E-state index contributed by atoms with van der Waals surface area (Å²) in [5.74, 6) is 1.59. The number of fused-ring (bicyclic) bond motifs is 6. The predicted octanol–water partition coefficient (Wildman–Crippen LogP) is 17.4. The summed E-state index contributed by atoms with van der Waals surface area (Å²) in [4.78, 5) is 25.4. The normalized spacial score (nSPS) is 14.9. The lowest BCUT2D eigenvalue weighted by Gasteiger charge is -2.34. The van der Waals surface area contributed by atoms with Crippen LogP contribution in [-0.2, 0) is 20.1 Å². The lowest BCUT2D eigenvalue weighted by Crippen LogP contribution is -2.41. The van der Waals surface area contributed by atoms with Gasteiger partial charge in [0.05, 0.1) is 22.0 Å². The zero-order valence-corrected chi connectivity index (χ0v) is 49.9. The Hall–Kier alpha value is -8.93. The van der Waals surface area contributed by atoms with E-state index in [9.17, 15) is 0 Å². The van der Waals surface area contributed by atoms with Crippen LogP contribution in [0.4, 0.5) is 0 Å². The summed E-state index contributed by atoms with van der Waals surface area (Å²) < 4.78 is 12.9. The average molecular weight is 1180 g/mol. The Morgan fingerprint density at radius 2 is 0.605 bits per heavy atom. The van der Waals surface area contributed by atoms with Crippen molar-refractivity contribution in [1.29, 1.82) is 0 Å². The highest BCUT2D eigenvalue weighted by atomic mass is 35.5. The molecule has 0 atom stereocenters. The van der Waals surface area contributed by atoms with Crippen LogP contribution in [0, 0.1) is 0 Å². The van der Waals surface area contributed by atoms with Crippen LogP contribution >= 0.6 is 34.8 Å². The van der Waals surface area contributed by atoms with Crippen LogP contribution in [0.1, 0.15) is 72.2 Å². The van der Waals surface area contributed by atoms with E-state index < -0.39 is 17.9 Å². The summed E-state index contributed by atoms with van der Waals surface area (Å²) in [7, 11) is -0.400. The van der Waals surface area contributed by atoms with Gasteiger partial charge in [-0.1, -0.05) is 261 Å². The van der Waals surface area contributed by atoms with Crippen LogP contribution in [-0.4, -0.2) is 48.2 Å². The Kier molecular flexibility index (Phi) is 15.1. The van der Waals surface area contributed by atoms with E-state index in [-0.39, 0.29) is 27.1 Å². The van der Waals surface area contributed by atoms with Gasteiger partial charge in [-0.15, -0.1) is 0 Å². The average Bonchev–Trinajstić information content (AvgIpc) is 1.56. The summed E-state index contributed by atoms with van der Waals surface area (Å²) >= 11 is 17.7. The zero-order valence-electron chi connectivity index (χ0n) is 47.6. The van der Waals surface area contributed by atoms with E-state index >= 15 is 0 Å². The molecule has 15 rings (SSSR count). The molecule has 0 saturated carbocycles. The molecule has 1 aliphatic heterocycles. The van der Waals surface area contributed by atoms with Gasteiger partial charge in [-0.3, -0.25) is 0 Å². The Morgan fingerprint density at radius 1 is 0.291 bits per heavy atom. The number of nitrogens with zero attached hydrogens (tertiary/aromatic N) is 6. The first-order valence-corrected chi connectivity index (χ1v) is 29.6. The number of hydrogen-bond acceptors (Lipinski definition) is 8. The first kappa shape index (κ1) is 56.2. The fraction of sp³-hybridized carbons (Fsp3) is 0.108. The molecule has 12 heteroatoms. The number of benzene rings is 10. The predicted molar refractivity (Wildman–Crippen MR) is 348 cm³/mol. The van der Waals surface area contributed by atoms with Gasteiger partial charge in [0.2, 0.25) is 15.9 Å². The molecule has 3 aliphatic rings. The largest absolute Gasteiger partial charge is 0.494 e. The lowest BCUT2D eigenvalue weighted by molar-refractivity contribution is 0.00578. The number of hydrogen-bond donors (Lipinski definition) is 0. The first-order chi connectivity index (χ1) is 41.8. The third kappa shape index (κ3) is 10.1. The summed E-state index contributed by atoms with van der Waals surface area (Å²) in [5.41, 5.74) is 17.1. The van der Waals surface area contributed by atoms with Gasteiger partial charge >= 0.3 is 7.12 Å². The molecule has 12 aromatic rings. The van der Waals surface area contributed by atoms with Crippen LogP contribution in [0.2, 0.25) is 15.9 Å². The van der Waals surface area contributed by atoms with Gasteiger partial charge in [-0.05, 0) is 141 Å². The second-order valence-corrected chi connectivity index (χ2v) is 23.4. The highest BCUT2D eigenvalue weighted by molar-refractivity contribution is 6.62. The van der Waals surface area contributed by atoms with E-state index in [0.29, 0.717) is 17.5 Å². The summed E-state index contributed by atoms with van der Waals surface area (Å²) in [6.45, 7) is 8.42. The van der Waals surface area contributed by atoms with Crippen molar-refractivity contribution in [3.8, 4) is 56.4 Å². The van der Waals surface area contributed by atoms with Gasteiger partial charge in [0.25, 0.3) is 0 Å². The van der Waals surface area contributed by atoms with Gasteiger partial charge in [0, 0.05) is 16.7 Å². The van der Waals surface area contributed by atoms with Crippen molar-refractivity contribution < 1.29 is 9.31 Å². The highest BCUT2D eigenvalue weighted by Crippen LogP contribution is 2.58. The molecule has 0 N–H and O–H groups in total. The first-order valence-electron chi connectivity index (χ1n) is 28.5. The van der Waals surface area contributed by atoms with Crippen molar-refractivity contribution in [2.24, 2.45) is 0 Å². The smallest absolute Gasteiger partial charge is 0.399 e. The molecule has 418 valence electrons. The maximum atomic E-state index is 6.44. The molecular formula is C74H56BCl3N6O2. The SMILES string of the molecule is CC1(C)OB(c2ccc3c(c2)C(c2ccccc2)(c2ccccc2)c2ccccc2-3)OC1(C)C.Clc1nc(-c2ccccc2)nc(-c2ccc3c(c2)C(c2ccccc2)(c2ccccc2)c2ccccc2-3)n1.Clc1nc(Cl)nc(-c2ccccc2)n1. The molecular weight excluding hydrogens is 1120 g/mol. The van der Waals surface area contributed by atoms with E-state index in [0.717, 1.165) is 22.2 Å². The second-order valence-electron chi connectivity index (χ2n) is 22.4. The fourth-order valence-corrected chi connectivity index (χ4v) is 12.9. The molecule has 0 spiro atoms. The lowest BCUT2D eigenvalue weighted by atomic mass is 9.66. The van der Waals surface area contributed by atoms with Crippen molar-refractivity contribution in [2.75, 3.05) is 0 Å². The highest BCUT2D eigenvalue weighted by Gasteiger charge is 2.53. The molecule has 3 heterocycles. The van der Waals surface area contributed by atoms with Crippen molar-refractivity contribution in [3.05, 3.63) is 327 Å². The molecule has 0 radical (unpaired) electrons. The van der Waals surface area contributed by atoms with Crippen molar-refractivity contribution in [1.82, 2.24) is 29.9 Å². The van der Waals surface area contributed by atoms with E-state index in [4.69, 9.17) is 49.1 Å². The molecule has 2 aromatic heterocycles. The third-order valence-electron chi connectivity index (χ3n) is 17.0. The molecule has 1 saturated heterocycles. The second kappa shape index (κ2) is 23.2. The minimum absolute atomic E-state index is 0.101. The molecule has 0 unspecified atom stereocenters. The van der Waals surface area contributed by atoms with Gasteiger partial charge in [-0.25, -0.2) is 4.98 Å². The Balaban J connectivity index is 0.000000131. The Morgan fingerprint density at radius 3 is 1.02 bits per heavy atom. The number of aromatic nitrogens is 6. The van der Waals surface area contributed by atoms with Gasteiger partial charge in [0.1, 0.15) is 0 Å². The van der Waals surface area contributed by atoms with Crippen LogP contribution in [0.3, 0.4) is 0 Å². The van der Waals surface area contributed by atoms with Crippen LogP contribution in [0.15, 0.2) is 267 Å². The molecule has 8 nitrogen and oxygen atoms in total. The van der Waals surface area contributed by atoms with Crippen molar-refractivity contribution in [3.63, 3.8) is 0 Å². The zero-order chi connectivity index (χ0) is 59.0. The van der Waals surface area contributed by atoms with E-state index in [1.54, 1.807) is 0 Å². The third-order valence-corrected chi connectivity index (χ3v) is 17.5. The maximum absolute atomic E-state index is 6.44. The van der Waals surface area contributed by atoms with Gasteiger partial charge in [-0.2, -0.15) is 24.9 Å². The summed E-state index contributed by atoms with van der Waals surface area (Å²) in [6.07, 6.45) is 0. The Bertz CT molecular complexity index is 4300. The molecule has 1 fully saturated rings. The van der Waals surface area contributed by atoms with Crippen molar-refractivity contribution >= 4 is 47.4 Å². The van der Waals surface area contributed by atoms with Crippen LogP contribution in [0.25, 0.3) is 56.4 Å². The molecule has 86 heavy (non-hydrogen) atoms. The van der Waals surface area contributed by atoms with Gasteiger partial charge in [0.15, 0.2) is 17.5 Å². The Labute approximate surface area is 516 Å². The minimum Gasteiger partial charge on any atom is -0.399 e. The molecule has 0 bridgehead atoms. The topological polar surface area (TPSA) is 95.8 Å². The summed E-state index contributed by atoms with van der Waals surface area (Å²) in [6, 6.07) is 93.3. The van der Waals surface area contributed by atoms with Crippen LogP contribution in [0.5, 0.6) is 0 Å². The molecule has 2 aliphatic carbocycles. The standard InChI is InChI=1S/C34H22ClN3.C31H29BO2.C9H5Cl2N3/c35-33-37-31(23-12-4-1-5-13-23)36-32(38-33)24-20-21-28-27-18-10-11-19-29(27)34(30(28)22-24,25-14-6-2-7-15-25)26-16-8-3-9-17-26;1-29(2)30(3,4)34-32(33-29)24-19-20-26-25-17-11-12-18-27(25)31(28(26)21-24,22-13-7-5-8-14-22)23-15-9-6-10-16-23;10-8-12-7(13-9(11)14-8)6-4-2-1-3-5-6/h1-22H;5-21H,1-4H3;1-5H. The molecule has 0 amide bonds. The number of rotatable bonds is 8. The van der Waals surface area contributed by atoms with Gasteiger partial charge < -0.3 is 9.31 Å². The van der Waals surface area contributed by atoms with E-state index in [1.165, 1.54) is 66.8 Å². The van der Waals surface area contributed by atoms with E-state index in [2.05, 4.69) is 259 Å². The number of halogens is 3. The quantitative estimate of drug-likeness (QED) is 0.139. The monoisotopic (exact) mass is 1180 g/mol. The summed E-state index contributed by atoms with van der Waals surface area (Å²) in [5, 5.41) is 0.378. The van der Waals surface area contributed by atoms with Crippen molar-refractivity contribution in [2.45, 2.75) is 49.7 Å². The minimum atomic E-state index is -0.483. The fourth-order valence-electron chi connectivity index (χ4n) is 12.4.